The third-order valence-electron chi connectivity index (χ3n) is 6.16. The van der Waals surface area contributed by atoms with E-state index in [1.807, 2.05) is 0 Å². The first kappa shape index (κ1) is 17.2. The van der Waals surface area contributed by atoms with Crippen LogP contribution in [0.15, 0.2) is 0 Å². The Bertz CT molecular complexity index is 339. The lowest BCUT2D eigenvalue weighted by Crippen LogP contribution is -2.73. The van der Waals surface area contributed by atoms with Crippen molar-refractivity contribution >= 4 is 0 Å². The van der Waals surface area contributed by atoms with Gasteiger partial charge < -0.3 is 20.3 Å². The third kappa shape index (κ3) is 3.29. The summed E-state index contributed by atoms with van der Waals surface area (Å²) in [5.74, 6) is 0. The second-order valence-corrected chi connectivity index (χ2v) is 7.61. The van der Waals surface area contributed by atoms with Gasteiger partial charge in [-0.25, -0.2) is 0 Å². The summed E-state index contributed by atoms with van der Waals surface area (Å²) in [6.45, 7) is 14.3. The molecule has 124 valence electrons. The summed E-state index contributed by atoms with van der Waals surface area (Å²) in [7, 11) is 2.25. The molecule has 0 aromatic heterocycles. The van der Waals surface area contributed by atoms with Gasteiger partial charge >= 0.3 is 0 Å². The monoisotopic (exact) mass is 297 g/mol. The predicted octanol–water partition coefficient (Wildman–Crippen LogP) is 1.94. The molecule has 0 radical (unpaired) electrons. The van der Waals surface area contributed by atoms with Gasteiger partial charge in [-0.3, -0.25) is 0 Å². The minimum atomic E-state index is -0.108. The lowest BCUT2D eigenvalue weighted by Gasteiger charge is -2.60. The maximum Gasteiger partial charge on any atom is 0.0662 e. The van der Waals surface area contributed by atoms with Crippen LogP contribution in [0.2, 0.25) is 0 Å². The zero-order valence-corrected chi connectivity index (χ0v) is 14.7. The lowest BCUT2D eigenvalue weighted by molar-refractivity contribution is -0.157. The molecule has 0 aromatic rings. The van der Waals surface area contributed by atoms with Gasteiger partial charge in [0.1, 0.15) is 0 Å². The van der Waals surface area contributed by atoms with Gasteiger partial charge in [0.05, 0.1) is 6.10 Å². The van der Waals surface area contributed by atoms with E-state index < -0.39 is 0 Å². The van der Waals surface area contributed by atoms with Crippen LogP contribution in [0, 0.1) is 5.41 Å². The fourth-order valence-corrected chi connectivity index (χ4v) is 4.03. The quantitative estimate of drug-likeness (QED) is 0.813. The number of hydrogen-bond acceptors (Lipinski definition) is 4. The summed E-state index contributed by atoms with van der Waals surface area (Å²) >= 11 is 0. The van der Waals surface area contributed by atoms with Crippen LogP contribution in [-0.2, 0) is 4.74 Å². The molecule has 1 saturated heterocycles. The number of nitrogens with zero attached hydrogens (tertiary/aromatic N) is 2. The average molecular weight is 297 g/mol. The smallest absolute Gasteiger partial charge is 0.0662 e. The first-order chi connectivity index (χ1) is 9.84. The Hall–Kier alpha value is -0.160. The Morgan fingerprint density at radius 2 is 1.86 bits per heavy atom. The van der Waals surface area contributed by atoms with Crippen molar-refractivity contribution in [1.29, 1.82) is 0 Å². The van der Waals surface area contributed by atoms with Crippen molar-refractivity contribution in [1.82, 2.24) is 9.80 Å². The molecule has 0 bridgehead atoms. The maximum atomic E-state index is 6.73. The molecule has 2 atom stereocenters. The minimum Gasteiger partial charge on any atom is -0.378 e. The van der Waals surface area contributed by atoms with Gasteiger partial charge in [-0.15, -0.1) is 0 Å². The van der Waals surface area contributed by atoms with E-state index >= 15 is 0 Å². The molecule has 4 nitrogen and oxygen atoms in total. The summed E-state index contributed by atoms with van der Waals surface area (Å²) < 4.78 is 5.84. The Morgan fingerprint density at radius 1 is 1.24 bits per heavy atom. The molecule has 2 N–H and O–H groups in total. The van der Waals surface area contributed by atoms with Crippen LogP contribution >= 0.6 is 0 Å². The molecule has 2 rings (SSSR count). The van der Waals surface area contributed by atoms with Crippen LogP contribution in [-0.4, -0.2) is 67.3 Å². The normalized spacial score (nSPS) is 34.1. The van der Waals surface area contributed by atoms with E-state index in [1.165, 1.54) is 32.5 Å². The Balaban J connectivity index is 1.87. The zero-order chi connectivity index (χ0) is 15.7. The van der Waals surface area contributed by atoms with Crippen LogP contribution < -0.4 is 5.73 Å². The maximum absolute atomic E-state index is 6.73. The summed E-state index contributed by atoms with van der Waals surface area (Å²) in [6, 6.07) is 0.690. The minimum absolute atomic E-state index is 0.0708. The molecule has 4 heteroatoms. The highest BCUT2D eigenvalue weighted by molar-refractivity contribution is 5.15. The number of nitrogens with two attached hydrogens (primary N) is 1. The SMILES string of the molecule is CCOC1CC(N)(CN(C)C2CCN(CC)CC2)C1(C)C. The topological polar surface area (TPSA) is 41.7 Å². The van der Waals surface area contributed by atoms with Gasteiger partial charge in [0.15, 0.2) is 0 Å². The van der Waals surface area contributed by atoms with Crippen LogP contribution in [0.25, 0.3) is 0 Å². The van der Waals surface area contributed by atoms with Crippen molar-refractivity contribution in [2.45, 2.75) is 64.6 Å². The summed E-state index contributed by atoms with van der Waals surface area (Å²) in [5.41, 5.74) is 6.69. The molecular formula is C17H35N3O. The molecule has 2 aliphatic rings. The van der Waals surface area contributed by atoms with Crippen molar-refractivity contribution in [2.24, 2.45) is 11.1 Å². The zero-order valence-electron chi connectivity index (χ0n) is 14.7. The molecule has 0 amide bonds. The van der Waals surface area contributed by atoms with Crippen LogP contribution in [0.3, 0.4) is 0 Å². The molecule has 1 heterocycles. The van der Waals surface area contributed by atoms with Crippen molar-refractivity contribution < 1.29 is 4.74 Å². The fraction of sp³-hybridized carbons (Fsp3) is 1.00. The molecule has 1 saturated carbocycles. The van der Waals surface area contributed by atoms with Gasteiger partial charge in [0.25, 0.3) is 0 Å². The standard InChI is InChI=1S/C17H35N3O/c1-6-20-10-8-14(9-11-20)19(5)13-17(18)12-15(21-7-2)16(17,3)4/h14-15H,6-13,18H2,1-5H3. The molecule has 21 heavy (non-hydrogen) atoms. The van der Waals surface area contributed by atoms with E-state index in [4.69, 9.17) is 10.5 Å². The fourth-order valence-electron chi connectivity index (χ4n) is 4.03. The van der Waals surface area contributed by atoms with Crippen LogP contribution in [0.5, 0.6) is 0 Å². The van der Waals surface area contributed by atoms with Crippen molar-refractivity contribution in [3.63, 3.8) is 0 Å². The van der Waals surface area contributed by atoms with Gasteiger partial charge in [-0.05, 0) is 52.9 Å². The Morgan fingerprint density at radius 3 is 2.33 bits per heavy atom. The highest BCUT2D eigenvalue weighted by Gasteiger charge is 2.58. The summed E-state index contributed by atoms with van der Waals surface area (Å²) in [4.78, 5) is 5.05. The molecule has 2 fully saturated rings. The third-order valence-corrected chi connectivity index (χ3v) is 6.16. The first-order valence-electron chi connectivity index (χ1n) is 8.67. The largest absolute Gasteiger partial charge is 0.378 e. The Labute approximate surface area is 131 Å². The molecular weight excluding hydrogens is 262 g/mol. The van der Waals surface area contributed by atoms with Gasteiger partial charge in [-0.2, -0.15) is 0 Å². The van der Waals surface area contributed by atoms with Crippen molar-refractivity contribution in [3.8, 4) is 0 Å². The first-order valence-corrected chi connectivity index (χ1v) is 8.67. The summed E-state index contributed by atoms with van der Waals surface area (Å²) in [6.07, 6.45) is 3.86. The predicted molar refractivity (Wildman–Crippen MR) is 88.5 cm³/mol. The molecule has 1 aliphatic carbocycles. The van der Waals surface area contributed by atoms with E-state index in [0.29, 0.717) is 12.1 Å². The number of likely N-dealkylation sites (tertiary alicyclic amines) is 1. The highest BCUT2D eigenvalue weighted by atomic mass is 16.5. The average Bonchev–Trinajstić information content (AvgIpc) is 2.47. The van der Waals surface area contributed by atoms with Gasteiger partial charge in [0.2, 0.25) is 0 Å². The van der Waals surface area contributed by atoms with Gasteiger partial charge in [-0.1, -0.05) is 20.8 Å². The van der Waals surface area contributed by atoms with E-state index in [-0.39, 0.29) is 11.0 Å². The van der Waals surface area contributed by atoms with E-state index in [0.717, 1.165) is 19.6 Å². The number of ether oxygens (including phenoxy) is 1. The number of piperidine rings is 1. The molecule has 0 spiro atoms. The number of hydrogen-bond donors (Lipinski definition) is 1. The Kier molecular flexibility index (Phi) is 5.35. The van der Waals surface area contributed by atoms with Crippen LogP contribution in [0.4, 0.5) is 0 Å². The number of likely N-dealkylation sites (N-methyl/N-ethyl adjacent to an activating group) is 1. The van der Waals surface area contributed by atoms with Gasteiger partial charge in [0, 0.05) is 30.1 Å². The molecule has 0 aromatic carbocycles. The van der Waals surface area contributed by atoms with Crippen molar-refractivity contribution in [2.75, 3.05) is 39.8 Å². The lowest BCUT2D eigenvalue weighted by atomic mass is 9.54. The van der Waals surface area contributed by atoms with Crippen LogP contribution in [0.1, 0.15) is 47.0 Å². The molecule has 1 aliphatic heterocycles. The second kappa shape index (κ2) is 6.53. The van der Waals surface area contributed by atoms with Crippen molar-refractivity contribution in [3.05, 3.63) is 0 Å². The summed E-state index contributed by atoms with van der Waals surface area (Å²) in [5, 5.41) is 0. The van der Waals surface area contributed by atoms with E-state index in [9.17, 15) is 0 Å². The van der Waals surface area contributed by atoms with E-state index in [2.05, 4.69) is 44.5 Å². The highest BCUT2D eigenvalue weighted by Crippen LogP contribution is 2.50. The molecule has 2 unspecified atom stereocenters. The number of rotatable bonds is 6. The second-order valence-electron chi connectivity index (χ2n) is 7.61. The van der Waals surface area contributed by atoms with E-state index in [1.54, 1.807) is 0 Å².